The Kier molecular flexibility index (Phi) is 3.96. The molecule has 0 aromatic heterocycles. The van der Waals surface area contributed by atoms with Crippen molar-refractivity contribution >= 4 is 5.69 Å². The van der Waals surface area contributed by atoms with Crippen molar-refractivity contribution in [3.05, 3.63) is 41.5 Å². The third-order valence-corrected chi connectivity index (χ3v) is 3.72. The van der Waals surface area contributed by atoms with E-state index >= 15 is 0 Å². The number of hydrogen-bond donors (Lipinski definition) is 1. The van der Waals surface area contributed by atoms with E-state index in [1.807, 2.05) is 37.3 Å². The average Bonchev–Trinajstić information content (AvgIpc) is 3.00. The van der Waals surface area contributed by atoms with Crippen LogP contribution in [0.4, 0.5) is 5.69 Å². The molecule has 0 radical (unpaired) electrons. The van der Waals surface area contributed by atoms with Gasteiger partial charge in [-0.3, -0.25) is 0 Å². The van der Waals surface area contributed by atoms with Gasteiger partial charge in [-0.25, -0.2) is 0 Å². The number of rotatable bonds is 5. The predicted octanol–water partition coefficient (Wildman–Crippen LogP) is 3.35. The van der Waals surface area contributed by atoms with Gasteiger partial charge in [0.1, 0.15) is 11.5 Å². The lowest BCUT2D eigenvalue weighted by atomic mass is 10.1. The molecule has 0 fully saturated rings. The molecule has 1 N–H and O–H groups in total. The lowest BCUT2D eigenvalue weighted by Crippen LogP contribution is -2.03. The minimum absolute atomic E-state index is 0.282. The average molecular weight is 301 g/mol. The summed E-state index contributed by atoms with van der Waals surface area (Å²) in [5.41, 5.74) is 3.04. The van der Waals surface area contributed by atoms with Crippen molar-refractivity contribution in [2.45, 2.75) is 13.5 Å². The minimum Gasteiger partial charge on any atom is -0.496 e. The first kappa shape index (κ1) is 14.4. The van der Waals surface area contributed by atoms with Gasteiger partial charge in [-0.2, -0.15) is 0 Å². The molecule has 3 rings (SSSR count). The number of hydrogen-bond acceptors (Lipinski definition) is 5. The molecule has 0 atom stereocenters. The Morgan fingerprint density at radius 3 is 2.64 bits per heavy atom. The van der Waals surface area contributed by atoms with Crippen LogP contribution in [0.3, 0.4) is 0 Å². The summed E-state index contributed by atoms with van der Waals surface area (Å²) in [5.74, 6) is 3.21. The maximum Gasteiger partial charge on any atom is 0.231 e. The van der Waals surface area contributed by atoms with Crippen molar-refractivity contribution in [3.63, 3.8) is 0 Å². The summed E-state index contributed by atoms with van der Waals surface area (Å²) in [6.45, 7) is 2.92. The summed E-state index contributed by atoms with van der Waals surface area (Å²) in [5, 5.41) is 3.37. The summed E-state index contributed by atoms with van der Waals surface area (Å²) in [7, 11) is 3.33. The molecule has 1 aliphatic heterocycles. The number of ether oxygens (including phenoxy) is 4. The quantitative estimate of drug-likeness (QED) is 0.917. The van der Waals surface area contributed by atoms with Crippen LogP contribution in [-0.4, -0.2) is 21.0 Å². The van der Waals surface area contributed by atoms with E-state index in [1.165, 1.54) is 0 Å². The van der Waals surface area contributed by atoms with E-state index in [0.29, 0.717) is 6.54 Å². The fourth-order valence-corrected chi connectivity index (χ4v) is 2.58. The van der Waals surface area contributed by atoms with Gasteiger partial charge < -0.3 is 24.3 Å². The molecule has 5 heteroatoms. The van der Waals surface area contributed by atoms with Crippen LogP contribution in [0.15, 0.2) is 30.3 Å². The molecule has 1 heterocycles. The molecule has 5 nitrogen and oxygen atoms in total. The van der Waals surface area contributed by atoms with E-state index in [9.17, 15) is 0 Å². The Morgan fingerprint density at radius 2 is 1.86 bits per heavy atom. The lowest BCUT2D eigenvalue weighted by molar-refractivity contribution is 0.174. The first-order chi connectivity index (χ1) is 10.7. The van der Waals surface area contributed by atoms with E-state index in [-0.39, 0.29) is 6.79 Å². The maximum atomic E-state index is 5.52. The highest BCUT2D eigenvalue weighted by atomic mass is 16.7. The molecule has 0 bridgehead atoms. The van der Waals surface area contributed by atoms with Crippen LogP contribution in [0, 0.1) is 6.92 Å². The third-order valence-electron chi connectivity index (χ3n) is 3.72. The molecule has 22 heavy (non-hydrogen) atoms. The van der Waals surface area contributed by atoms with E-state index in [0.717, 1.165) is 39.8 Å². The summed E-state index contributed by atoms with van der Waals surface area (Å²) in [6.07, 6.45) is 0. The lowest BCUT2D eigenvalue weighted by Gasteiger charge is -2.15. The van der Waals surface area contributed by atoms with Crippen LogP contribution in [0.2, 0.25) is 0 Å². The number of nitrogens with one attached hydrogen (secondary N) is 1. The molecule has 0 saturated carbocycles. The molecule has 116 valence electrons. The van der Waals surface area contributed by atoms with Gasteiger partial charge in [0.25, 0.3) is 0 Å². The number of anilines is 1. The predicted molar refractivity (Wildman–Crippen MR) is 84.2 cm³/mol. The Morgan fingerprint density at radius 1 is 1.05 bits per heavy atom. The van der Waals surface area contributed by atoms with Crippen LogP contribution in [0.5, 0.6) is 23.0 Å². The fraction of sp³-hybridized carbons (Fsp3) is 0.294. The van der Waals surface area contributed by atoms with Crippen LogP contribution in [-0.2, 0) is 6.54 Å². The number of methoxy groups -OCH3 is 2. The highest BCUT2D eigenvalue weighted by Gasteiger charge is 2.14. The van der Waals surface area contributed by atoms with Crippen LogP contribution >= 0.6 is 0 Å². The summed E-state index contributed by atoms with van der Waals surface area (Å²) in [6, 6.07) is 9.77. The van der Waals surface area contributed by atoms with Crippen molar-refractivity contribution in [1.82, 2.24) is 0 Å². The Labute approximate surface area is 129 Å². The molecule has 0 unspecified atom stereocenters. The van der Waals surface area contributed by atoms with Gasteiger partial charge in [0.2, 0.25) is 6.79 Å². The standard InChI is InChI=1S/C17H19NO4/c1-11-14(19-2)6-4-12(17(11)20-3)9-18-13-5-7-15-16(8-13)22-10-21-15/h4-8,18H,9-10H2,1-3H3. The normalized spacial score (nSPS) is 12.1. The fourth-order valence-electron chi connectivity index (χ4n) is 2.58. The zero-order valence-electron chi connectivity index (χ0n) is 12.9. The summed E-state index contributed by atoms with van der Waals surface area (Å²) >= 11 is 0. The zero-order chi connectivity index (χ0) is 15.5. The topological polar surface area (TPSA) is 49.0 Å². The molecule has 0 amide bonds. The first-order valence-electron chi connectivity index (χ1n) is 7.07. The Bertz CT molecular complexity index is 685. The molecule has 2 aromatic rings. The monoisotopic (exact) mass is 301 g/mol. The van der Waals surface area contributed by atoms with Gasteiger partial charge in [-0.05, 0) is 31.2 Å². The summed E-state index contributed by atoms with van der Waals surface area (Å²) in [4.78, 5) is 0. The van der Waals surface area contributed by atoms with Crippen molar-refractivity contribution in [1.29, 1.82) is 0 Å². The second-order valence-electron chi connectivity index (χ2n) is 5.01. The van der Waals surface area contributed by atoms with Crippen LogP contribution < -0.4 is 24.3 Å². The summed E-state index contributed by atoms with van der Waals surface area (Å²) < 4.78 is 21.5. The molecule has 1 aliphatic rings. The second-order valence-corrected chi connectivity index (χ2v) is 5.01. The van der Waals surface area contributed by atoms with Gasteiger partial charge in [0.15, 0.2) is 11.5 Å². The third kappa shape index (κ3) is 2.62. The van der Waals surface area contributed by atoms with Gasteiger partial charge in [-0.15, -0.1) is 0 Å². The van der Waals surface area contributed by atoms with Gasteiger partial charge in [0.05, 0.1) is 14.2 Å². The van der Waals surface area contributed by atoms with Gasteiger partial charge >= 0.3 is 0 Å². The molecule has 0 spiro atoms. The number of benzene rings is 2. The molecular formula is C17H19NO4. The Balaban J connectivity index is 1.77. The van der Waals surface area contributed by atoms with Crippen molar-refractivity contribution < 1.29 is 18.9 Å². The van der Waals surface area contributed by atoms with Crippen LogP contribution in [0.25, 0.3) is 0 Å². The smallest absolute Gasteiger partial charge is 0.231 e. The Hall–Kier alpha value is -2.56. The van der Waals surface area contributed by atoms with Crippen molar-refractivity contribution in [2.24, 2.45) is 0 Å². The van der Waals surface area contributed by atoms with Crippen LogP contribution in [0.1, 0.15) is 11.1 Å². The van der Waals surface area contributed by atoms with Crippen molar-refractivity contribution in [2.75, 3.05) is 26.3 Å². The van der Waals surface area contributed by atoms with E-state index in [1.54, 1.807) is 14.2 Å². The minimum atomic E-state index is 0.282. The van der Waals surface area contributed by atoms with Crippen molar-refractivity contribution in [3.8, 4) is 23.0 Å². The van der Waals surface area contributed by atoms with Gasteiger partial charge in [-0.1, -0.05) is 0 Å². The SMILES string of the molecule is COc1ccc(CNc2ccc3c(c2)OCO3)c(OC)c1C. The first-order valence-corrected chi connectivity index (χ1v) is 7.07. The maximum absolute atomic E-state index is 5.52. The molecular weight excluding hydrogens is 282 g/mol. The molecule has 0 aliphatic carbocycles. The largest absolute Gasteiger partial charge is 0.496 e. The highest BCUT2D eigenvalue weighted by molar-refractivity contribution is 5.57. The van der Waals surface area contributed by atoms with E-state index in [4.69, 9.17) is 18.9 Å². The molecule has 0 saturated heterocycles. The van der Waals surface area contributed by atoms with Gasteiger partial charge in [0, 0.05) is 29.4 Å². The van der Waals surface area contributed by atoms with E-state index in [2.05, 4.69) is 5.32 Å². The number of fused-ring (bicyclic) bond motifs is 1. The highest BCUT2D eigenvalue weighted by Crippen LogP contribution is 2.35. The second kappa shape index (κ2) is 6.05. The molecule has 2 aromatic carbocycles. The zero-order valence-corrected chi connectivity index (χ0v) is 12.9. The van der Waals surface area contributed by atoms with E-state index < -0.39 is 0 Å².